The van der Waals surface area contributed by atoms with Gasteiger partial charge in [-0.2, -0.15) is 0 Å². The van der Waals surface area contributed by atoms with Gasteiger partial charge in [0.15, 0.2) is 0 Å². The molecule has 5 nitrogen and oxygen atoms in total. The molecule has 0 bridgehead atoms. The van der Waals surface area contributed by atoms with Crippen LogP contribution in [0.2, 0.25) is 5.02 Å². The molecule has 2 rings (SSSR count). The molecule has 2 aromatic heterocycles. The lowest BCUT2D eigenvalue weighted by Crippen LogP contribution is -2.14. The van der Waals surface area contributed by atoms with Gasteiger partial charge in [-0.3, -0.25) is 4.79 Å². The van der Waals surface area contributed by atoms with Crippen LogP contribution in [0.25, 0.3) is 0 Å². The molecule has 0 atom stereocenters. The third-order valence-corrected chi connectivity index (χ3v) is 3.37. The first-order valence-corrected chi connectivity index (χ1v) is 7.10. The van der Waals surface area contributed by atoms with Crippen molar-refractivity contribution < 1.29 is 4.79 Å². The summed E-state index contributed by atoms with van der Waals surface area (Å²) in [6.07, 6.45) is 3.07. The van der Waals surface area contributed by atoms with E-state index in [1.807, 2.05) is 6.92 Å². The topological polar surface area (TPSA) is 66.9 Å². The molecule has 0 fully saturated rings. The molecule has 2 heterocycles. The van der Waals surface area contributed by atoms with Gasteiger partial charge in [0.2, 0.25) is 0 Å². The number of halogens is 2. The summed E-state index contributed by atoms with van der Waals surface area (Å²) in [5, 5.41) is 6.10. The van der Waals surface area contributed by atoms with Crippen molar-refractivity contribution in [3.8, 4) is 0 Å². The number of anilines is 2. The van der Waals surface area contributed by atoms with Crippen molar-refractivity contribution in [3.05, 3.63) is 45.7 Å². The maximum Gasteiger partial charge on any atom is 0.258 e. The van der Waals surface area contributed by atoms with Gasteiger partial charge in [0.05, 0.1) is 15.1 Å². The molecule has 0 radical (unpaired) electrons. The SMILES string of the molecule is CCNc1ncc(C(=O)Nc2ncccc2Br)cc1Cl. The quantitative estimate of drug-likeness (QED) is 0.880. The van der Waals surface area contributed by atoms with E-state index >= 15 is 0 Å². The molecule has 2 N–H and O–H groups in total. The number of nitrogens with zero attached hydrogens (tertiary/aromatic N) is 2. The molecule has 7 heteroatoms. The van der Waals surface area contributed by atoms with Crippen molar-refractivity contribution in [1.29, 1.82) is 0 Å². The van der Waals surface area contributed by atoms with Gasteiger partial charge in [-0.05, 0) is 41.1 Å². The Labute approximate surface area is 129 Å². The number of hydrogen-bond donors (Lipinski definition) is 2. The lowest BCUT2D eigenvalue weighted by molar-refractivity contribution is 0.102. The molecule has 0 aliphatic carbocycles. The van der Waals surface area contributed by atoms with Crippen LogP contribution in [-0.4, -0.2) is 22.4 Å². The largest absolute Gasteiger partial charge is 0.369 e. The standard InChI is InChI=1S/C13H12BrClN4O/c1-2-16-12-10(15)6-8(7-18-12)13(20)19-11-9(14)4-3-5-17-11/h3-7H,2H2,1H3,(H,16,18)(H,17,19,20). The predicted molar refractivity (Wildman–Crippen MR) is 83.3 cm³/mol. The van der Waals surface area contributed by atoms with Crippen molar-refractivity contribution in [1.82, 2.24) is 9.97 Å². The zero-order valence-corrected chi connectivity index (χ0v) is 13.0. The van der Waals surface area contributed by atoms with Crippen molar-refractivity contribution in [3.63, 3.8) is 0 Å². The van der Waals surface area contributed by atoms with Crippen molar-refractivity contribution in [2.75, 3.05) is 17.2 Å². The second-order valence-electron chi connectivity index (χ2n) is 3.87. The minimum Gasteiger partial charge on any atom is -0.369 e. The Balaban J connectivity index is 2.18. The highest BCUT2D eigenvalue weighted by molar-refractivity contribution is 9.10. The van der Waals surface area contributed by atoms with Crippen LogP contribution in [0.3, 0.4) is 0 Å². The van der Waals surface area contributed by atoms with E-state index < -0.39 is 0 Å². The summed E-state index contributed by atoms with van der Waals surface area (Å²) >= 11 is 9.37. The zero-order chi connectivity index (χ0) is 14.5. The summed E-state index contributed by atoms with van der Waals surface area (Å²) in [5.41, 5.74) is 0.370. The minimum absolute atomic E-state index is 0.318. The zero-order valence-electron chi connectivity index (χ0n) is 10.7. The molecule has 0 saturated heterocycles. The monoisotopic (exact) mass is 354 g/mol. The Morgan fingerprint density at radius 2 is 2.20 bits per heavy atom. The van der Waals surface area contributed by atoms with Crippen LogP contribution in [0.1, 0.15) is 17.3 Å². The summed E-state index contributed by atoms with van der Waals surface area (Å²) in [6, 6.07) is 5.13. The molecule has 1 amide bonds. The van der Waals surface area contributed by atoms with Crippen LogP contribution in [0.5, 0.6) is 0 Å². The third-order valence-electron chi connectivity index (χ3n) is 2.44. The number of rotatable bonds is 4. The average Bonchev–Trinajstić information content (AvgIpc) is 2.43. The van der Waals surface area contributed by atoms with E-state index in [1.165, 1.54) is 6.20 Å². The molecule has 0 saturated carbocycles. The molecule has 0 spiro atoms. The van der Waals surface area contributed by atoms with E-state index in [9.17, 15) is 4.79 Å². The van der Waals surface area contributed by atoms with Crippen molar-refractivity contribution in [2.45, 2.75) is 6.92 Å². The number of nitrogens with one attached hydrogen (secondary N) is 2. The summed E-state index contributed by atoms with van der Waals surface area (Å²) in [4.78, 5) is 20.3. The molecule has 0 aromatic carbocycles. The molecule has 0 unspecified atom stereocenters. The van der Waals surface area contributed by atoms with E-state index in [0.717, 1.165) is 0 Å². The fourth-order valence-electron chi connectivity index (χ4n) is 1.52. The molecule has 104 valence electrons. The Morgan fingerprint density at radius 1 is 1.40 bits per heavy atom. The highest BCUT2D eigenvalue weighted by Crippen LogP contribution is 2.22. The van der Waals surface area contributed by atoms with Crippen LogP contribution >= 0.6 is 27.5 Å². The fourth-order valence-corrected chi connectivity index (χ4v) is 2.10. The summed E-state index contributed by atoms with van der Waals surface area (Å²) in [7, 11) is 0. The number of carbonyl (C=O) groups excluding carboxylic acids is 1. The van der Waals surface area contributed by atoms with Gasteiger partial charge in [-0.1, -0.05) is 11.6 Å². The maximum atomic E-state index is 12.1. The average molecular weight is 356 g/mol. The molecular weight excluding hydrogens is 344 g/mol. The van der Waals surface area contributed by atoms with E-state index in [4.69, 9.17) is 11.6 Å². The Bertz CT molecular complexity index is 636. The van der Waals surface area contributed by atoms with Gasteiger partial charge >= 0.3 is 0 Å². The van der Waals surface area contributed by atoms with Gasteiger partial charge in [-0.15, -0.1) is 0 Å². The van der Waals surface area contributed by atoms with Crippen LogP contribution in [-0.2, 0) is 0 Å². The Morgan fingerprint density at radius 3 is 2.85 bits per heavy atom. The van der Waals surface area contributed by atoms with E-state index in [0.29, 0.717) is 33.2 Å². The van der Waals surface area contributed by atoms with E-state index in [-0.39, 0.29) is 5.91 Å². The first-order chi connectivity index (χ1) is 9.61. The first-order valence-electron chi connectivity index (χ1n) is 5.93. The Hall–Kier alpha value is -1.66. The normalized spacial score (nSPS) is 10.2. The first kappa shape index (κ1) is 14.7. The van der Waals surface area contributed by atoms with Crippen LogP contribution in [0, 0.1) is 0 Å². The van der Waals surface area contributed by atoms with Gasteiger partial charge < -0.3 is 10.6 Å². The van der Waals surface area contributed by atoms with E-state index in [1.54, 1.807) is 24.4 Å². The number of pyridine rings is 2. The highest BCUT2D eigenvalue weighted by atomic mass is 79.9. The fraction of sp³-hybridized carbons (Fsp3) is 0.154. The Kier molecular flexibility index (Phi) is 4.92. The van der Waals surface area contributed by atoms with Crippen molar-refractivity contribution >= 4 is 45.1 Å². The van der Waals surface area contributed by atoms with Crippen LogP contribution in [0.4, 0.5) is 11.6 Å². The van der Waals surface area contributed by atoms with Gasteiger partial charge in [0.1, 0.15) is 11.6 Å². The summed E-state index contributed by atoms with van der Waals surface area (Å²) < 4.78 is 0.705. The van der Waals surface area contributed by atoms with E-state index in [2.05, 4.69) is 36.5 Å². The van der Waals surface area contributed by atoms with Crippen LogP contribution < -0.4 is 10.6 Å². The number of hydrogen-bond acceptors (Lipinski definition) is 4. The third kappa shape index (κ3) is 3.46. The van der Waals surface area contributed by atoms with Gasteiger partial charge in [-0.25, -0.2) is 9.97 Å². The molecule has 0 aliphatic rings. The second kappa shape index (κ2) is 6.67. The molecular formula is C13H12BrClN4O. The highest BCUT2D eigenvalue weighted by Gasteiger charge is 2.11. The maximum absolute atomic E-state index is 12.1. The number of amides is 1. The summed E-state index contributed by atoms with van der Waals surface area (Å²) in [6.45, 7) is 2.65. The lowest BCUT2D eigenvalue weighted by Gasteiger charge is -2.08. The lowest BCUT2D eigenvalue weighted by atomic mass is 10.2. The molecule has 0 aliphatic heterocycles. The number of carbonyl (C=O) groups is 1. The van der Waals surface area contributed by atoms with Crippen LogP contribution in [0.15, 0.2) is 35.1 Å². The van der Waals surface area contributed by atoms with Crippen molar-refractivity contribution in [2.24, 2.45) is 0 Å². The number of aromatic nitrogens is 2. The minimum atomic E-state index is -0.318. The molecule has 2 aromatic rings. The molecule has 20 heavy (non-hydrogen) atoms. The summed E-state index contributed by atoms with van der Waals surface area (Å²) in [5.74, 6) is 0.691. The van der Waals surface area contributed by atoms with Gasteiger partial charge in [0, 0.05) is 18.9 Å². The predicted octanol–water partition coefficient (Wildman–Crippen LogP) is 3.58. The second-order valence-corrected chi connectivity index (χ2v) is 5.13. The smallest absolute Gasteiger partial charge is 0.258 e. The van der Waals surface area contributed by atoms with Gasteiger partial charge in [0.25, 0.3) is 5.91 Å².